The summed E-state index contributed by atoms with van der Waals surface area (Å²) in [5.41, 5.74) is 8.06. The van der Waals surface area contributed by atoms with Gasteiger partial charge in [-0.05, 0) is 28.8 Å². The van der Waals surface area contributed by atoms with Gasteiger partial charge >= 0.3 is 6.09 Å². The van der Waals surface area contributed by atoms with Crippen molar-refractivity contribution in [3.8, 4) is 0 Å². The number of ether oxygens (including phenoxy) is 1. The topological polar surface area (TPSA) is 111 Å². The molecule has 0 fully saturated rings. The van der Waals surface area contributed by atoms with Crippen LogP contribution in [-0.4, -0.2) is 30.0 Å². The van der Waals surface area contributed by atoms with E-state index in [0.717, 1.165) is 21.2 Å². The van der Waals surface area contributed by atoms with Crippen LogP contribution in [0, 0.1) is 0 Å². The third-order valence-electron chi connectivity index (χ3n) is 5.12. The van der Waals surface area contributed by atoms with Gasteiger partial charge in [0, 0.05) is 17.3 Å². The fourth-order valence-corrected chi connectivity index (χ4v) is 3.58. The van der Waals surface area contributed by atoms with Gasteiger partial charge in [0.2, 0.25) is 11.8 Å². The highest BCUT2D eigenvalue weighted by Crippen LogP contribution is 2.12. The van der Waals surface area contributed by atoms with E-state index < -0.39 is 30.0 Å². The molecule has 2 atom stereocenters. The van der Waals surface area contributed by atoms with E-state index in [1.807, 2.05) is 84.9 Å². The van der Waals surface area contributed by atoms with Crippen molar-refractivity contribution >= 4 is 33.8 Å². The summed E-state index contributed by atoms with van der Waals surface area (Å²) < 4.78 is 6.18. The molecule has 7 nitrogen and oxygen atoms in total. The lowest BCUT2D eigenvalue weighted by atomic mass is 10.0. The minimum absolute atomic E-state index is 0.0693. The van der Waals surface area contributed by atoms with Crippen LogP contribution in [0.3, 0.4) is 0 Å². The highest BCUT2D eigenvalue weighted by molar-refractivity contribution is 9.10. The molecule has 176 valence electrons. The molecule has 0 heterocycles. The summed E-state index contributed by atoms with van der Waals surface area (Å²) in [4.78, 5) is 37.6. The summed E-state index contributed by atoms with van der Waals surface area (Å²) in [7, 11) is 0. The van der Waals surface area contributed by atoms with Crippen LogP contribution in [0.4, 0.5) is 4.79 Å². The number of halogens is 1. The van der Waals surface area contributed by atoms with Gasteiger partial charge in [-0.25, -0.2) is 4.79 Å². The first-order valence-corrected chi connectivity index (χ1v) is 11.6. The number of nitrogens with two attached hydrogens (primary N) is 1. The van der Waals surface area contributed by atoms with Crippen LogP contribution in [0.15, 0.2) is 89.4 Å². The van der Waals surface area contributed by atoms with Crippen molar-refractivity contribution in [1.82, 2.24) is 10.6 Å². The van der Waals surface area contributed by atoms with Crippen molar-refractivity contribution in [2.75, 3.05) is 0 Å². The number of carbonyl (C=O) groups excluding carboxylic acids is 3. The Morgan fingerprint density at radius 1 is 0.735 bits per heavy atom. The van der Waals surface area contributed by atoms with Gasteiger partial charge in [0.15, 0.2) is 0 Å². The Morgan fingerprint density at radius 3 is 1.85 bits per heavy atom. The lowest BCUT2D eigenvalue weighted by molar-refractivity contribution is -0.128. The number of nitrogens with one attached hydrogen (secondary N) is 2. The van der Waals surface area contributed by atoms with Crippen LogP contribution >= 0.6 is 15.9 Å². The van der Waals surface area contributed by atoms with E-state index in [9.17, 15) is 14.4 Å². The Bertz CT molecular complexity index is 1090. The Morgan fingerprint density at radius 2 is 1.26 bits per heavy atom. The number of hydrogen-bond donors (Lipinski definition) is 3. The smallest absolute Gasteiger partial charge is 0.408 e. The third kappa shape index (κ3) is 8.04. The van der Waals surface area contributed by atoms with Crippen LogP contribution in [0.5, 0.6) is 0 Å². The van der Waals surface area contributed by atoms with E-state index in [1.54, 1.807) is 0 Å². The molecule has 3 aromatic rings. The first-order chi connectivity index (χ1) is 16.4. The number of benzene rings is 3. The van der Waals surface area contributed by atoms with Crippen LogP contribution < -0.4 is 16.4 Å². The zero-order valence-corrected chi connectivity index (χ0v) is 20.0. The SMILES string of the molecule is NC(=O)[C@@H](Cc1ccc(Br)cc1)NC(=O)[C@H](Cc1ccccc1)NC(=O)OCc1ccccc1. The molecule has 8 heteroatoms. The molecule has 0 saturated heterocycles. The molecule has 0 aromatic heterocycles. The number of rotatable bonds is 10. The Kier molecular flexibility index (Phi) is 9.22. The molecule has 0 saturated carbocycles. The molecule has 3 rings (SSSR count). The molecule has 3 aromatic carbocycles. The van der Waals surface area contributed by atoms with Crippen LogP contribution in [-0.2, 0) is 33.8 Å². The highest BCUT2D eigenvalue weighted by Gasteiger charge is 2.26. The summed E-state index contributed by atoms with van der Waals surface area (Å²) >= 11 is 3.37. The van der Waals surface area contributed by atoms with E-state index in [-0.39, 0.29) is 19.4 Å². The average molecular weight is 524 g/mol. The molecule has 0 bridgehead atoms. The van der Waals surface area contributed by atoms with Crippen LogP contribution in [0.2, 0.25) is 0 Å². The molecule has 0 aliphatic rings. The lowest BCUT2D eigenvalue weighted by Crippen LogP contribution is -2.54. The summed E-state index contributed by atoms with van der Waals surface area (Å²) in [6.45, 7) is 0.0693. The van der Waals surface area contributed by atoms with Gasteiger partial charge in [-0.15, -0.1) is 0 Å². The van der Waals surface area contributed by atoms with Gasteiger partial charge in [0.25, 0.3) is 0 Å². The maximum absolute atomic E-state index is 13.1. The molecule has 0 unspecified atom stereocenters. The highest BCUT2D eigenvalue weighted by atomic mass is 79.9. The Labute approximate surface area is 206 Å². The van der Waals surface area contributed by atoms with Gasteiger partial charge in [0.05, 0.1) is 0 Å². The van der Waals surface area contributed by atoms with E-state index in [2.05, 4.69) is 26.6 Å². The quantitative estimate of drug-likeness (QED) is 0.377. The molecule has 0 aliphatic heterocycles. The predicted octanol–water partition coefficient (Wildman–Crippen LogP) is 3.50. The lowest BCUT2D eigenvalue weighted by Gasteiger charge is -2.22. The fraction of sp³-hybridized carbons (Fsp3) is 0.192. The van der Waals surface area contributed by atoms with E-state index in [1.165, 1.54) is 0 Å². The number of primary amides is 1. The van der Waals surface area contributed by atoms with Gasteiger partial charge in [-0.2, -0.15) is 0 Å². The van der Waals surface area contributed by atoms with Crippen molar-refractivity contribution < 1.29 is 19.1 Å². The fourth-order valence-electron chi connectivity index (χ4n) is 3.32. The Hall–Kier alpha value is -3.65. The number of hydrogen-bond acceptors (Lipinski definition) is 4. The van der Waals surface area contributed by atoms with Crippen molar-refractivity contribution in [3.05, 3.63) is 106 Å². The van der Waals surface area contributed by atoms with Crippen molar-refractivity contribution in [1.29, 1.82) is 0 Å². The molecule has 34 heavy (non-hydrogen) atoms. The summed E-state index contributed by atoms with van der Waals surface area (Å²) in [6.07, 6.45) is -0.287. The number of amides is 3. The summed E-state index contributed by atoms with van der Waals surface area (Å²) in [5, 5.41) is 5.30. The predicted molar refractivity (Wildman–Crippen MR) is 133 cm³/mol. The number of carbonyl (C=O) groups is 3. The second-order valence-electron chi connectivity index (χ2n) is 7.74. The van der Waals surface area contributed by atoms with E-state index >= 15 is 0 Å². The molecular weight excluding hydrogens is 498 g/mol. The standard InChI is InChI=1S/C26H26BrN3O4/c27-21-13-11-19(12-14-21)15-22(24(28)31)29-25(32)23(16-18-7-3-1-4-8-18)30-26(33)34-17-20-9-5-2-6-10-20/h1-14,22-23H,15-17H2,(H2,28,31)(H,29,32)(H,30,33)/t22-,23+/m1/s1. The normalized spacial score (nSPS) is 12.3. The molecule has 4 N–H and O–H groups in total. The second-order valence-corrected chi connectivity index (χ2v) is 8.66. The van der Waals surface area contributed by atoms with Crippen molar-refractivity contribution in [3.63, 3.8) is 0 Å². The van der Waals surface area contributed by atoms with Gasteiger partial charge in [-0.3, -0.25) is 9.59 Å². The zero-order valence-electron chi connectivity index (χ0n) is 18.4. The molecule has 3 amide bonds. The maximum Gasteiger partial charge on any atom is 0.408 e. The van der Waals surface area contributed by atoms with Crippen molar-refractivity contribution in [2.24, 2.45) is 5.73 Å². The van der Waals surface area contributed by atoms with E-state index in [0.29, 0.717) is 0 Å². The third-order valence-corrected chi connectivity index (χ3v) is 5.65. The van der Waals surface area contributed by atoms with Crippen LogP contribution in [0.1, 0.15) is 16.7 Å². The number of alkyl carbamates (subject to hydrolysis) is 1. The molecule has 0 spiro atoms. The van der Waals surface area contributed by atoms with Crippen molar-refractivity contribution in [2.45, 2.75) is 31.5 Å². The molecular formula is C26H26BrN3O4. The molecule has 0 radical (unpaired) electrons. The largest absolute Gasteiger partial charge is 0.445 e. The van der Waals surface area contributed by atoms with Gasteiger partial charge < -0.3 is 21.1 Å². The first kappa shape index (κ1) is 25.0. The summed E-state index contributed by atoms with van der Waals surface area (Å²) in [6, 6.07) is 24.0. The summed E-state index contributed by atoms with van der Waals surface area (Å²) in [5.74, 6) is -1.19. The molecule has 0 aliphatic carbocycles. The minimum atomic E-state index is -0.961. The second kappa shape index (κ2) is 12.6. The Balaban J connectivity index is 1.68. The minimum Gasteiger partial charge on any atom is -0.445 e. The van der Waals surface area contributed by atoms with Gasteiger partial charge in [0.1, 0.15) is 18.7 Å². The van der Waals surface area contributed by atoms with Crippen LogP contribution in [0.25, 0.3) is 0 Å². The first-order valence-electron chi connectivity index (χ1n) is 10.8. The van der Waals surface area contributed by atoms with E-state index in [4.69, 9.17) is 10.5 Å². The zero-order chi connectivity index (χ0) is 24.3. The van der Waals surface area contributed by atoms with Gasteiger partial charge in [-0.1, -0.05) is 88.7 Å². The monoisotopic (exact) mass is 523 g/mol. The maximum atomic E-state index is 13.1. The average Bonchev–Trinajstić information content (AvgIpc) is 2.84.